The Kier molecular flexibility index (Phi) is 4.45. The molecule has 2 fully saturated rings. The molecule has 2 saturated carbocycles. The highest BCUT2D eigenvalue weighted by Crippen LogP contribution is 2.36. The van der Waals surface area contributed by atoms with E-state index in [2.05, 4.69) is 34.7 Å². The molecule has 0 aromatic carbocycles. The molecule has 2 aliphatic carbocycles. The summed E-state index contributed by atoms with van der Waals surface area (Å²) in [6.45, 7) is 0.833. The minimum atomic E-state index is 0.263. The molecule has 18 heavy (non-hydrogen) atoms. The quantitative estimate of drug-likeness (QED) is 0.300. The van der Waals surface area contributed by atoms with Crippen LogP contribution in [0.5, 0.6) is 0 Å². The summed E-state index contributed by atoms with van der Waals surface area (Å²) in [4.78, 5) is 6.96. The Hall–Kier alpha value is -0.810. The predicted molar refractivity (Wildman–Crippen MR) is 75.3 cm³/mol. The Labute approximate surface area is 110 Å². The molecule has 0 heterocycles. The van der Waals surface area contributed by atoms with E-state index in [4.69, 9.17) is 5.84 Å². The van der Waals surface area contributed by atoms with Crippen molar-refractivity contribution in [1.82, 2.24) is 15.6 Å². The molecule has 0 atom stereocenters. The standard InChI is InChI=1S/C13H27N5/c1-18(2)13(8-5-9-13)10-15-12(17-14)16-11-6-3-4-7-11/h11H,3-10,14H2,1-2H3,(H2,15,16,17). The van der Waals surface area contributed by atoms with Gasteiger partial charge < -0.3 is 10.2 Å². The normalized spacial score (nSPS) is 24.1. The highest BCUT2D eigenvalue weighted by atomic mass is 15.3. The average molecular weight is 253 g/mol. The number of hydrogen-bond acceptors (Lipinski definition) is 3. The van der Waals surface area contributed by atoms with E-state index in [-0.39, 0.29) is 5.54 Å². The first-order valence-electron chi connectivity index (χ1n) is 7.11. The molecule has 2 rings (SSSR count). The van der Waals surface area contributed by atoms with Gasteiger partial charge in [-0.05, 0) is 46.2 Å². The van der Waals surface area contributed by atoms with Crippen molar-refractivity contribution in [3.8, 4) is 0 Å². The minimum absolute atomic E-state index is 0.263. The van der Waals surface area contributed by atoms with Crippen molar-refractivity contribution in [2.75, 3.05) is 20.6 Å². The maximum Gasteiger partial charge on any atom is 0.206 e. The summed E-state index contributed by atoms with van der Waals surface area (Å²) in [6, 6.07) is 0.552. The second-order valence-corrected chi connectivity index (χ2v) is 5.91. The van der Waals surface area contributed by atoms with Gasteiger partial charge in [-0.15, -0.1) is 0 Å². The highest BCUT2D eigenvalue weighted by molar-refractivity contribution is 5.79. The van der Waals surface area contributed by atoms with Gasteiger partial charge in [0.25, 0.3) is 0 Å². The van der Waals surface area contributed by atoms with E-state index in [1.807, 2.05) is 0 Å². The number of nitrogens with zero attached hydrogens (tertiary/aromatic N) is 2. The van der Waals surface area contributed by atoms with Crippen LogP contribution >= 0.6 is 0 Å². The fourth-order valence-electron chi connectivity index (χ4n) is 2.95. The molecule has 0 unspecified atom stereocenters. The Balaban J connectivity index is 1.88. The van der Waals surface area contributed by atoms with Gasteiger partial charge in [0, 0.05) is 11.6 Å². The van der Waals surface area contributed by atoms with Crippen molar-refractivity contribution in [2.45, 2.75) is 56.5 Å². The Morgan fingerprint density at radius 2 is 1.94 bits per heavy atom. The number of nitrogens with two attached hydrogens (primary N) is 1. The summed E-state index contributed by atoms with van der Waals surface area (Å²) in [6.07, 6.45) is 8.90. The predicted octanol–water partition coefficient (Wildman–Crippen LogP) is 0.822. The molecule has 2 aliphatic rings. The van der Waals surface area contributed by atoms with E-state index in [0.29, 0.717) is 6.04 Å². The maximum absolute atomic E-state index is 5.56. The van der Waals surface area contributed by atoms with Crippen LogP contribution in [0, 0.1) is 0 Å². The van der Waals surface area contributed by atoms with Crippen molar-refractivity contribution >= 4 is 5.96 Å². The summed E-state index contributed by atoms with van der Waals surface area (Å²) >= 11 is 0. The van der Waals surface area contributed by atoms with Crippen LogP contribution in [0.1, 0.15) is 44.9 Å². The molecule has 5 heteroatoms. The van der Waals surface area contributed by atoms with Crippen molar-refractivity contribution < 1.29 is 0 Å². The van der Waals surface area contributed by atoms with Gasteiger partial charge in [-0.2, -0.15) is 0 Å². The molecule has 4 N–H and O–H groups in total. The van der Waals surface area contributed by atoms with Crippen LogP contribution in [0.4, 0.5) is 0 Å². The lowest BCUT2D eigenvalue weighted by Crippen LogP contribution is -2.54. The number of hydrazine groups is 1. The zero-order chi connectivity index (χ0) is 13.0. The Bertz CT molecular complexity index is 290. The molecule has 5 nitrogen and oxygen atoms in total. The third-order valence-corrected chi connectivity index (χ3v) is 4.60. The van der Waals surface area contributed by atoms with Crippen LogP contribution in [0.3, 0.4) is 0 Å². The van der Waals surface area contributed by atoms with Gasteiger partial charge in [-0.3, -0.25) is 10.4 Å². The maximum atomic E-state index is 5.56. The van der Waals surface area contributed by atoms with E-state index in [1.54, 1.807) is 0 Å². The molecule has 0 aliphatic heterocycles. The largest absolute Gasteiger partial charge is 0.353 e. The molecule has 0 amide bonds. The van der Waals surface area contributed by atoms with Gasteiger partial charge >= 0.3 is 0 Å². The van der Waals surface area contributed by atoms with Gasteiger partial charge in [0.05, 0.1) is 6.54 Å². The molecule has 0 radical (unpaired) electrons. The number of hydrogen-bond donors (Lipinski definition) is 3. The van der Waals surface area contributed by atoms with Gasteiger partial charge in [-0.25, -0.2) is 5.84 Å². The van der Waals surface area contributed by atoms with Gasteiger partial charge in [0.15, 0.2) is 0 Å². The summed E-state index contributed by atoms with van der Waals surface area (Å²) in [5, 5.41) is 3.42. The van der Waals surface area contributed by atoms with E-state index in [0.717, 1.165) is 12.5 Å². The first-order chi connectivity index (χ1) is 8.66. The van der Waals surface area contributed by atoms with Gasteiger partial charge in [-0.1, -0.05) is 12.8 Å². The fraction of sp³-hybridized carbons (Fsp3) is 0.923. The molecule has 0 aromatic heterocycles. The molecular weight excluding hydrogens is 226 g/mol. The topological polar surface area (TPSA) is 65.7 Å². The zero-order valence-electron chi connectivity index (χ0n) is 11.7. The van der Waals surface area contributed by atoms with Crippen molar-refractivity contribution in [2.24, 2.45) is 10.8 Å². The summed E-state index contributed by atoms with van der Waals surface area (Å²) in [5.41, 5.74) is 2.97. The monoisotopic (exact) mass is 253 g/mol. The van der Waals surface area contributed by atoms with Gasteiger partial charge in [0.1, 0.15) is 0 Å². The highest BCUT2D eigenvalue weighted by Gasteiger charge is 2.38. The third kappa shape index (κ3) is 2.95. The average Bonchev–Trinajstić information content (AvgIpc) is 2.78. The smallest absolute Gasteiger partial charge is 0.206 e. The van der Waals surface area contributed by atoms with E-state index in [1.165, 1.54) is 44.9 Å². The van der Waals surface area contributed by atoms with E-state index in [9.17, 15) is 0 Å². The van der Waals surface area contributed by atoms with Crippen LogP contribution < -0.4 is 16.6 Å². The summed E-state index contributed by atoms with van der Waals surface area (Å²) in [7, 11) is 4.29. The Morgan fingerprint density at radius 3 is 2.39 bits per heavy atom. The summed E-state index contributed by atoms with van der Waals surface area (Å²) < 4.78 is 0. The number of nitrogens with one attached hydrogen (secondary N) is 2. The van der Waals surface area contributed by atoms with E-state index >= 15 is 0 Å². The molecule has 0 aromatic rings. The second-order valence-electron chi connectivity index (χ2n) is 5.91. The van der Waals surface area contributed by atoms with Crippen LogP contribution in [-0.4, -0.2) is 43.1 Å². The molecule has 104 valence electrons. The van der Waals surface area contributed by atoms with Crippen molar-refractivity contribution in [1.29, 1.82) is 0 Å². The van der Waals surface area contributed by atoms with Crippen LogP contribution in [0.25, 0.3) is 0 Å². The first kappa shape index (κ1) is 13.6. The lowest BCUT2D eigenvalue weighted by molar-refractivity contribution is 0.0698. The van der Waals surface area contributed by atoms with Crippen LogP contribution in [0.2, 0.25) is 0 Å². The molecular formula is C13H27N5. The number of aliphatic imine (C=N–C) groups is 1. The lowest BCUT2D eigenvalue weighted by atomic mass is 9.76. The summed E-state index contributed by atoms with van der Waals surface area (Å²) in [5.74, 6) is 6.32. The third-order valence-electron chi connectivity index (χ3n) is 4.60. The zero-order valence-corrected chi connectivity index (χ0v) is 11.7. The lowest BCUT2D eigenvalue weighted by Gasteiger charge is -2.46. The molecule has 0 bridgehead atoms. The van der Waals surface area contributed by atoms with Gasteiger partial charge in [0.2, 0.25) is 5.96 Å². The first-order valence-corrected chi connectivity index (χ1v) is 7.11. The fourth-order valence-corrected chi connectivity index (χ4v) is 2.95. The SMILES string of the molecule is CN(C)C1(CN=C(NN)NC2CCCC2)CCC1. The van der Waals surface area contributed by atoms with Crippen molar-refractivity contribution in [3.63, 3.8) is 0 Å². The van der Waals surface area contributed by atoms with Crippen LogP contribution in [-0.2, 0) is 0 Å². The molecule has 0 spiro atoms. The Morgan fingerprint density at radius 1 is 1.28 bits per heavy atom. The molecule has 0 saturated heterocycles. The van der Waals surface area contributed by atoms with Crippen molar-refractivity contribution in [3.05, 3.63) is 0 Å². The second kappa shape index (κ2) is 5.89. The van der Waals surface area contributed by atoms with E-state index < -0.39 is 0 Å². The number of likely N-dealkylation sites (N-methyl/N-ethyl adjacent to an activating group) is 1. The number of guanidine groups is 1. The van der Waals surface area contributed by atoms with Crippen LogP contribution in [0.15, 0.2) is 4.99 Å². The minimum Gasteiger partial charge on any atom is -0.353 e. The number of rotatable bonds is 4.